The fourth-order valence-electron chi connectivity index (χ4n) is 3.66. The van der Waals surface area contributed by atoms with Crippen molar-refractivity contribution < 1.29 is 4.74 Å². The SMILES string of the molecule is CN=C(NCc1cc(-c2ccc(OC)cc2)cs1)NC1CCN(c2cccs2)CC1.I. The summed E-state index contributed by atoms with van der Waals surface area (Å²) >= 11 is 3.59. The van der Waals surface area contributed by atoms with E-state index < -0.39 is 0 Å². The Morgan fingerprint density at radius 2 is 1.90 bits per heavy atom. The highest BCUT2D eigenvalue weighted by molar-refractivity contribution is 14.0. The lowest BCUT2D eigenvalue weighted by Crippen LogP contribution is -2.48. The third kappa shape index (κ3) is 6.36. The van der Waals surface area contributed by atoms with E-state index in [4.69, 9.17) is 4.74 Å². The van der Waals surface area contributed by atoms with E-state index in [1.54, 1.807) is 18.4 Å². The van der Waals surface area contributed by atoms with Crippen LogP contribution >= 0.6 is 46.7 Å². The summed E-state index contributed by atoms with van der Waals surface area (Å²) in [7, 11) is 3.53. The monoisotopic (exact) mass is 568 g/mol. The second kappa shape index (κ2) is 11.7. The van der Waals surface area contributed by atoms with E-state index in [-0.39, 0.29) is 24.0 Å². The first kappa shape index (κ1) is 23.9. The van der Waals surface area contributed by atoms with Gasteiger partial charge in [0.25, 0.3) is 0 Å². The van der Waals surface area contributed by atoms with E-state index in [9.17, 15) is 0 Å². The number of thiophene rings is 2. The Morgan fingerprint density at radius 3 is 2.55 bits per heavy atom. The largest absolute Gasteiger partial charge is 0.497 e. The molecule has 8 heteroatoms. The first-order chi connectivity index (χ1) is 14.7. The fourth-order valence-corrected chi connectivity index (χ4v) is 5.28. The van der Waals surface area contributed by atoms with Crippen molar-refractivity contribution in [2.45, 2.75) is 25.4 Å². The van der Waals surface area contributed by atoms with E-state index in [0.29, 0.717) is 6.04 Å². The molecule has 1 saturated heterocycles. The summed E-state index contributed by atoms with van der Waals surface area (Å²) in [5, 5.41) is 12.8. The van der Waals surface area contributed by atoms with E-state index in [1.165, 1.54) is 21.0 Å². The van der Waals surface area contributed by atoms with Gasteiger partial charge in [-0.25, -0.2) is 0 Å². The highest BCUT2D eigenvalue weighted by atomic mass is 127. The lowest BCUT2D eigenvalue weighted by molar-refractivity contribution is 0.415. The standard InChI is InChI=1S/C23H28N4OS2.HI/c1-24-23(26-19-9-11-27(12-10-19)22-4-3-13-29-22)25-15-21-14-18(16-30-21)17-5-7-20(28-2)8-6-17;/h3-8,13-14,16,19H,9-12,15H2,1-2H3,(H2,24,25,26);1H. The molecule has 166 valence electrons. The lowest BCUT2D eigenvalue weighted by atomic mass is 10.1. The van der Waals surface area contributed by atoms with Gasteiger partial charge in [-0.05, 0) is 65.1 Å². The lowest BCUT2D eigenvalue weighted by Gasteiger charge is -2.33. The van der Waals surface area contributed by atoms with Crippen LogP contribution in [0.1, 0.15) is 17.7 Å². The van der Waals surface area contributed by atoms with Crippen LogP contribution in [0.5, 0.6) is 5.75 Å². The fraction of sp³-hybridized carbons (Fsp3) is 0.348. The van der Waals surface area contributed by atoms with Gasteiger partial charge in [0.15, 0.2) is 5.96 Å². The molecule has 0 radical (unpaired) electrons. The highest BCUT2D eigenvalue weighted by Crippen LogP contribution is 2.27. The number of rotatable bonds is 6. The van der Waals surface area contributed by atoms with Crippen LogP contribution in [-0.4, -0.2) is 39.2 Å². The summed E-state index contributed by atoms with van der Waals surface area (Å²) in [4.78, 5) is 8.19. The van der Waals surface area contributed by atoms with Gasteiger partial charge in [0, 0.05) is 31.1 Å². The molecule has 3 heterocycles. The summed E-state index contributed by atoms with van der Waals surface area (Å²) in [6.45, 7) is 2.95. The normalized spacial score (nSPS) is 14.8. The van der Waals surface area contributed by atoms with E-state index >= 15 is 0 Å². The van der Waals surface area contributed by atoms with Crippen LogP contribution < -0.4 is 20.3 Å². The molecular weight excluding hydrogens is 539 g/mol. The number of methoxy groups -OCH3 is 1. The second-order valence-electron chi connectivity index (χ2n) is 7.31. The summed E-state index contributed by atoms with van der Waals surface area (Å²) < 4.78 is 5.24. The van der Waals surface area contributed by atoms with Crippen LogP contribution in [0, 0.1) is 0 Å². The number of halogens is 1. The minimum atomic E-state index is 0. The van der Waals surface area contributed by atoms with E-state index in [1.807, 2.05) is 30.5 Å². The molecule has 0 aliphatic carbocycles. The smallest absolute Gasteiger partial charge is 0.191 e. The van der Waals surface area contributed by atoms with Crippen LogP contribution in [0.15, 0.2) is 58.2 Å². The number of hydrogen-bond donors (Lipinski definition) is 2. The molecule has 0 atom stereocenters. The van der Waals surface area contributed by atoms with Crippen molar-refractivity contribution in [1.82, 2.24) is 10.6 Å². The Balaban J connectivity index is 0.00000272. The first-order valence-corrected chi connectivity index (χ1v) is 12.0. The Bertz CT molecular complexity index is 948. The first-order valence-electron chi connectivity index (χ1n) is 10.2. The third-order valence-corrected chi connectivity index (χ3v) is 7.25. The van der Waals surface area contributed by atoms with Gasteiger partial charge in [-0.1, -0.05) is 12.1 Å². The van der Waals surface area contributed by atoms with Gasteiger partial charge in [0.1, 0.15) is 5.75 Å². The zero-order valence-corrected chi connectivity index (χ0v) is 21.8. The van der Waals surface area contributed by atoms with Gasteiger partial charge in [-0.2, -0.15) is 0 Å². The molecule has 1 aliphatic heterocycles. The maximum atomic E-state index is 5.24. The van der Waals surface area contributed by atoms with Crippen LogP contribution in [0.3, 0.4) is 0 Å². The number of anilines is 1. The summed E-state index contributed by atoms with van der Waals surface area (Å²) in [5.41, 5.74) is 2.45. The molecule has 0 amide bonds. The van der Waals surface area contributed by atoms with Crippen molar-refractivity contribution in [3.8, 4) is 16.9 Å². The maximum absolute atomic E-state index is 5.24. The molecule has 2 aromatic heterocycles. The van der Waals surface area contributed by atoms with Crippen molar-refractivity contribution in [3.05, 3.63) is 58.1 Å². The number of guanidine groups is 1. The van der Waals surface area contributed by atoms with Gasteiger partial charge in [-0.15, -0.1) is 46.7 Å². The van der Waals surface area contributed by atoms with Gasteiger partial charge in [-0.3, -0.25) is 4.99 Å². The Labute approximate surface area is 209 Å². The van der Waals surface area contributed by atoms with Crippen LogP contribution in [-0.2, 0) is 6.54 Å². The number of nitrogens with zero attached hydrogens (tertiary/aromatic N) is 2. The van der Waals surface area contributed by atoms with Gasteiger partial charge < -0.3 is 20.3 Å². The average molecular weight is 569 g/mol. The minimum Gasteiger partial charge on any atom is -0.497 e. The predicted octanol–water partition coefficient (Wildman–Crippen LogP) is 5.44. The van der Waals surface area contributed by atoms with Gasteiger partial charge >= 0.3 is 0 Å². The number of ether oxygens (including phenoxy) is 1. The van der Waals surface area contributed by atoms with Crippen molar-refractivity contribution in [2.75, 3.05) is 32.1 Å². The van der Waals surface area contributed by atoms with Crippen LogP contribution in [0.4, 0.5) is 5.00 Å². The topological polar surface area (TPSA) is 48.9 Å². The molecule has 2 N–H and O–H groups in total. The average Bonchev–Trinajstić information content (AvgIpc) is 3.50. The zero-order valence-electron chi connectivity index (χ0n) is 17.8. The Morgan fingerprint density at radius 1 is 1.13 bits per heavy atom. The quantitative estimate of drug-likeness (QED) is 0.236. The molecule has 1 aliphatic rings. The molecule has 31 heavy (non-hydrogen) atoms. The number of nitrogens with one attached hydrogen (secondary N) is 2. The predicted molar refractivity (Wildman–Crippen MR) is 145 cm³/mol. The van der Waals surface area contributed by atoms with Gasteiger partial charge in [0.05, 0.1) is 18.7 Å². The molecular formula is C23H29IN4OS2. The minimum absolute atomic E-state index is 0. The number of aliphatic imine (C=N–C) groups is 1. The number of piperidine rings is 1. The molecule has 0 spiro atoms. The van der Waals surface area contributed by atoms with Crippen molar-refractivity contribution >= 4 is 57.6 Å². The van der Waals surface area contributed by atoms with E-state index in [0.717, 1.165) is 44.2 Å². The molecule has 5 nitrogen and oxygen atoms in total. The molecule has 0 bridgehead atoms. The molecule has 1 aromatic carbocycles. The van der Waals surface area contributed by atoms with Crippen molar-refractivity contribution in [2.24, 2.45) is 4.99 Å². The van der Waals surface area contributed by atoms with Crippen LogP contribution in [0.2, 0.25) is 0 Å². The Kier molecular flexibility index (Phi) is 9.03. The maximum Gasteiger partial charge on any atom is 0.191 e. The summed E-state index contributed by atoms with van der Waals surface area (Å²) in [6.07, 6.45) is 2.25. The second-order valence-corrected chi connectivity index (χ2v) is 9.23. The molecule has 1 fully saturated rings. The van der Waals surface area contributed by atoms with E-state index in [2.05, 4.69) is 61.6 Å². The third-order valence-electron chi connectivity index (χ3n) is 5.38. The number of hydrogen-bond acceptors (Lipinski definition) is 5. The van der Waals surface area contributed by atoms with Crippen LogP contribution in [0.25, 0.3) is 11.1 Å². The van der Waals surface area contributed by atoms with Crippen molar-refractivity contribution in [3.63, 3.8) is 0 Å². The zero-order chi connectivity index (χ0) is 20.8. The highest BCUT2D eigenvalue weighted by Gasteiger charge is 2.20. The molecule has 0 unspecified atom stereocenters. The van der Waals surface area contributed by atoms with Crippen molar-refractivity contribution in [1.29, 1.82) is 0 Å². The summed E-state index contributed by atoms with van der Waals surface area (Å²) in [5.74, 6) is 1.76. The summed E-state index contributed by atoms with van der Waals surface area (Å²) in [6, 6.07) is 15.2. The van der Waals surface area contributed by atoms with Gasteiger partial charge in [0.2, 0.25) is 0 Å². The Hall–Kier alpha value is -1.78. The molecule has 3 aromatic rings. The number of benzene rings is 1. The molecule has 4 rings (SSSR count). The molecule has 0 saturated carbocycles.